The largest absolute Gasteiger partial charge is 0.339 e. The number of thiophene rings is 1. The quantitative estimate of drug-likeness (QED) is 0.792. The lowest BCUT2D eigenvalue weighted by atomic mass is 10.0. The summed E-state index contributed by atoms with van der Waals surface area (Å²) in [5.41, 5.74) is 0.609. The molecule has 1 atom stereocenters. The van der Waals surface area contributed by atoms with E-state index in [-0.39, 0.29) is 17.1 Å². The highest BCUT2D eigenvalue weighted by Crippen LogP contribution is 2.26. The molecule has 0 fully saturated rings. The lowest BCUT2D eigenvalue weighted by molar-refractivity contribution is 0.0936. The SMILES string of the molecule is Cn1nc(C(=O)NC(c2ccc(F)cc2)c2cccs2)ccc1=O. The van der Waals surface area contributed by atoms with Gasteiger partial charge >= 0.3 is 0 Å². The summed E-state index contributed by atoms with van der Waals surface area (Å²) in [5, 5.41) is 8.74. The van der Waals surface area contributed by atoms with E-state index in [9.17, 15) is 14.0 Å². The van der Waals surface area contributed by atoms with E-state index in [1.807, 2.05) is 17.5 Å². The molecule has 0 radical (unpaired) electrons. The predicted octanol–water partition coefficient (Wildman–Crippen LogP) is 2.50. The van der Waals surface area contributed by atoms with Crippen molar-refractivity contribution in [2.75, 3.05) is 0 Å². The lowest BCUT2D eigenvalue weighted by Crippen LogP contribution is -2.31. The van der Waals surface area contributed by atoms with E-state index < -0.39 is 11.9 Å². The Balaban J connectivity index is 1.91. The molecule has 1 N–H and O–H groups in total. The number of carbonyl (C=O) groups is 1. The molecule has 24 heavy (non-hydrogen) atoms. The molecule has 2 aromatic heterocycles. The smallest absolute Gasteiger partial charge is 0.272 e. The van der Waals surface area contributed by atoms with Crippen LogP contribution in [0.4, 0.5) is 4.39 Å². The van der Waals surface area contributed by atoms with Crippen LogP contribution in [0, 0.1) is 5.82 Å². The van der Waals surface area contributed by atoms with E-state index in [2.05, 4.69) is 10.4 Å². The van der Waals surface area contributed by atoms with Crippen LogP contribution in [0.25, 0.3) is 0 Å². The van der Waals surface area contributed by atoms with Gasteiger partial charge in [-0.3, -0.25) is 9.59 Å². The minimum atomic E-state index is -0.419. The van der Waals surface area contributed by atoms with Gasteiger partial charge in [0.05, 0.1) is 6.04 Å². The van der Waals surface area contributed by atoms with Crippen molar-refractivity contribution >= 4 is 17.2 Å². The van der Waals surface area contributed by atoms with Crippen molar-refractivity contribution in [1.82, 2.24) is 15.1 Å². The summed E-state index contributed by atoms with van der Waals surface area (Å²) in [6, 6.07) is 12.0. The monoisotopic (exact) mass is 343 g/mol. The maximum Gasteiger partial charge on any atom is 0.272 e. The van der Waals surface area contributed by atoms with Gasteiger partial charge in [0.2, 0.25) is 0 Å². The van der Waals surface area contributed by atoms with Gasteiger partial charge in [0, 0.05) is 18.0 Å². The van der Waals surface area contributed by atoms with E-state index in [1.54, 1.807) is 12.1 Å². The second-order valence-corrected chi connectivity index (χ2v) is 6.13. The fraction of sp³-hybridized carbons (Fsp3) is 0.118. The summed E-state index contributed by atoms with van der Waals surface area (Å²) >= 11 is 1.49. The first-order valence-electron chi connectivity index (χ1n) is 7.18. The topological polar surface area (TPSA) is 64.0 Å². The molecule has 0 spiro atoms. The highest BCUT2D eigenvalue weighted by Gasteiger charge is 2.20. The summed E-state index contributed by atoms with van der Waals surface area (Å²) in [6.45, 7) is 0. The zero-order chi connectivity index (χ0) is 17.1. The maximum absolute atomic E-state index is 13.2. The Morgan fingerprint density at radius 1 is 1.21 bits per heavy atom. The van der Waals surface area contributed by atoms with Crippen LogP contribution in [0.15, 0.2) is 58.7 Å². The predicted molar refractivity (Wildman–Crippen MR) is 89.5 cm³/mol. The van der Waals surface area contributed by atoms with Gasteiger partial charge in [-0.05, 0) is 35.2 Å². The summed E-state index contributed by atoms with van der Waals surface area (Å²) in [7, 11) is 1.48. The zero-order valence-electron chi connectivity index (χ0n) is 12.8. The molecule has 2 heterocycles. The number of carbonyl (C=O) groups excluding carboxylic acids is 1. The number of hydrogen-bond donors (Lipinski definition) is 1. The fourth-order valence-corrected chi connectivity index (χ4v) is 3.06. The summed E-state index contributed by atoms with van der Waals surface area (Å²) in [6.07, 6.45) is 0. The van der Waals surface area contributed by atoms with Gasteiger partial charge in [-0.1, -0.05) is 18.2 Å². The Hall–Kier alpha value is -2.80. The van der Waals surface area contributed by atoms with Crippen LogP contribution in [-0.2, 0) is 7.05 Å². The van der Waals surface area contributed by atoms with Crippen molar-refractivity contribution < 1.29 is 9.18 Å². The number of nitrogens with one attached hydrogen (secondary N) is 1. The molecule has 0 saturated carbocycles. The van der Waals surface area contributed by atoms with Crippen molar-refractivity contribution in [3.8, 4) is 0 Å². The van der Waals surface area contributed by atoms with Crippen LogP contribution in [0.3, 0.4) is 0 Å². The van der Waals surface area contributed by atoms with Gasteiger partial charge < -0.3 is 5.32 Å². The minimum absolute atomic E-state index is 0.140. The number of benzene rings is 1. The average Bonchev–Trinajstić information content (AvgIpc) is 3.10. The molecule has 0 saturated heterocycles. The molecule has 5 nitrogen and oxygen atoms in total. The van der Waals surface area contributed by atoms with Crippen molar-refractivity contribution in [1.29, 1.82) is 0 Å². The molecule has 1 aromatic carbocycles. The molecule has 3 aromatic rings. The van der Waals surface area contributed by atoms with Crippen LogP contribution in [0.5, 0.6) is 0 Å². The number of rotatable bonds is 4. The van der Waals surface area contributed by atoms with E-state index in [0.29, 0.717) is 0 Å². The summed E-state index contributed by atoms with van der Waals surface area (Å²) in [5.74, 6) is -0.747. The first-order valence-corrected chi connectivity index (χ1v) is 8.06. The number of halogens is 1. The number of hydrogen-bond acceptors (Lipinski definition) is 4. The molecule has 122 valence electrons. The standard InChI is InChI=1S/C17H14FN3O2S/c1-21-15(22)9-8-13(20-21)17(23)19-16(14-3-2-10-24-14)11-4-6-12(18)7-5-11/h2-10,16H,1H3,(H,19,23). The Kier molecular flexibility index (Phi) is 4.52. The molecule has 0 aliphatic carbocycles. The van der Waals surface area contributed by atoms with Gasteiger partial charge in [-0.15, -0.1) is 11.3 Å². The third-order valence-corrected chi connectivity index (χ3v) is 4.44. The van der Waals surface area contributed by atoms with Crippen LogP contribution in [-0.4, -0.2) is 15.7 Å². The van der Waals surface area contributed by atoms with Gasteiger partial charge in [-0.25, -0.2) is 9.07 Å². The van der Waals surface area contributed by atoms with E-state index in [1.165, 1.54) is 42.6 Å². The molecular weight excluding hydrogens is 329 g/mol. The number of aryl methyl sites for hydroxylation is 1. The van der Waals surface area contributed by atoms with Crippen molar-refractivity contribution in [3.05, 3.63) is 86.2 Å². The Labute approximate surface area is 141 Å². The third-order valence-electron chi connectivity index (χ3n) is 3.50. The number of amides is 1. The van der Waals surface area contributed by atoms with Crippen LogP contribution in [0.1, 0.15) is 27.0 Å². The Morgan fingerprint density at radius 3 is 2.58 bits per heavy atom. The highest BCUT2D eigenvalue weighted by atomic mass is 32.1. The van der Waals surface area contributed by atoms with E-state index in [4.69, 9.17) is 0 Å². The fourth-order valence-electron chi connectivity index (χ4n) is 2.26. The molecular formula is C17H14FN3O2S. The highest BCUT2D eigenvalue weighted by molar-refractivity contribution is 7.10. The summed E-state index contributed by atoms with van der Waals surface area (Å²) < 4.78 is 14.3. The van der Waals surface area contributed by atoms with Crippen molar-refractivity contribution in [3.63, 3.8) is 0 Å². The second kappa shape index (κ2) is 6.76. The molecule has 1 unspecified atom stereocenters. The molecule has 7 heteroatoms. The van der Waals surface area contributed by atoms with Gasteiger partial charge in [0.25, 0.3) is 11.5 Å². The minimum Gasteiger partial charge on any atom is -0.339 e. The molecule has 0 aliphatic heterocycles. The third kappa shape index (κ3) is 3.41. The van der Waals surface area contributed by atoms with Crippen molar-refractivity contribution in [2.45, 2.75) is 6.04 Å². The lowest BCUT2D eigenvalue weighted by Gasteiger charge is -2.18. The normalized spacial score (nSPS) is 11.9. The zero-order valence-corrected chi connectivity index (χ0v) is 13.6. The Bertz CT molecular complexity index is 904. The maximum atomic E-state index is 13.2. The van der Waals surface area contributed by atoms with Gasteiger partial charge in [0.1, 0.15) is 11.5 Å². The van der Waals surface area contributed by atoms with Crippen LogP contribution in [0.2, 0.25) is 0 Å². The molecule has 0 bridgehead atoms. The molecule has 1 amide bonds. The number of aromatic nitrogens is 2. The summed E-state index contributed by atoms with van der Waals surface area (Å²) in [4.78, 5) is 24.8. The number of nitrogens with zero attached hydrogens (tertiary/aromatic N) is 2. The van der Waals surface area contributed by atoms with E-state index >= 15 is 0 Å². The average molecular weight is 343 g/mol. The van der Waals surface area contributed by atoms with Crippen LogP contribution >= 0.6 is 11.3 Å². The van der Waals surface area contributed by atoms with Crippen molar-refractivity contribution in [2.24, 2.45) is 7.05 Å². The second-order valence-electron chi connectivity index (χ2n) is 5.15. The molecule has 3 rings (SSSR count). The van der Waals surface area contributed by atoms with Crippen LogP contribution < -0.4 is 10.9 Å². The first kappa shape index (κ1) is 16.1. The van der Waals surface area contributed by atoms with Gasteiger partial charge in [0.15, 0.2) is 0 Å². The Morgan fingerprint density at radius 2 is 1.96 bits per heavy atom. The van der Waals surface area contributed by atoms with Gasteiger partial charge in [-0.2, -0.15) is 5.10 Å². The first-order chi connectivity index (χ1) is 11.5. The van der Waals surface area contributed by atoms with E-state index in [0.717, 1.165) is 15.1 Å². The molecule has 0 aliphatic rings.